The largest absolute Gasteiger partial charge is 0.477 e. The average molecular weight is 458 g/mol. The van der Waals surface area contributed by atoms with Crippen LogP contribution in [0, 0.1) is 0 Å². The molecule has 0 spiro atoms. The van der Waals surface area contributed by atoms with Crippen molar-refractivity contribution in [3.8, 4) is 17.1 Å². The summed E-state index contributed by atoms with van der Waals surface area (Å²) in [7, 11) is -3.39. The van der Waals surface area contributed by atoms with Crippen LogP contribution < -0.4 is 14.8 Å². The van der Waals surface area contributed by atoms with Gasteiger partial charge in [-0.2, -0.15) is 0 Å². The number of rotatable bonds is 9. The molecule has 0 radical (unpaired) electrons. The molecule has 4 rings (SSSR count). The second kappa shape index (κ2) is 9.30. The van der Waals surface area contributed by atoms with Gasteiger partial charge in [0.25, 0.3) is 5.91 Å². The third kappa shape index (κ3) is 5.38. The number of nitrogens with one attached hydrogen (secondary N) is 2. The predicted molar refractivity (Wildman–Crippen MR) is 117 cm³/mol. The molecular weight excluding hydrogens is 434 g/mol. The average Bonchev–Trinajstić information content (AvgIpc) is 3.64. The Labute approximate surface area is 185 Å². The Kier molecular flexibility index (Phi) is 6.30. The van der Waals surface area contributed by atoms with Crippen LogP contribution in [0.1, 0.15) is 30.3 Å². The van der Waals surface area contributed by atoms with Gasteiger partial charge in [0.15, 0.2) is 5.82 Å². The van der Waals surface area contributed by atoms with Crippen molar-refractivity contribution >= 4 is 22.1 Å². The maximum absolute atomic E-state index is 12.5. The van der Waals surface area contributed by atoms with E-state index in [0.717, 1.165) is 0 Å². The van der Waals surface area contributed by atoms with Gasteiger partial charge in [-0.1, -0.05) is 0 Å². The molecular formula is C20H23N7O4S. The van der Waals surface area contributed by atoms with E-state index in [1.54, 1.807) is 41.8 Å². The summed E-state index contributed by atoms with van der Waals surface area (Å²) in [4.78, 5) is 30.9. The Morgan fingerprint density at radius 2 is 2.09 bits per heavy atom. The number of amides is 1. The van der Waals surface area contributed by atoms with E-state index >= 15 is 0 Å². The normalized spacial score (nSPS) is 15.8. The van der Waals surface area contributed by atoms with Crippen molar-refractivity contribution in [2.45, 2.75) is 25.0 Å². The van der Waals surface area contributed by atoms with Crippen LogP contribution in [-0.2, 0) is 10.0 Å². The molecule has 1 amide bonds. The lowest BCUT2D eigenvalue weighted by Gasteiger charge is -2.23. The highest BCUT2D eigenvalue weighted by Crippen LogP contribution is 2.28. The van der Waals surface area contributed by atoms with Gasteiger partial charge in [0.05, 0.1) is 43.2 Å². The molecule has 3 heterocycles. The number of nitrogens with zero attached hydrogens (tertiary/aromatic N) is 5. The number of carbonyl (C=O) groups excluding carboxylic acids is 1. The molecule has 1 saturated carbocycles. The highest BCUT2D eigenvalue weighted by Gasteiger charge is 2.36. The van der Waals surface area contributed by atoms with Crippen molar-refractivity contribution in [2.24, 2.45) is 4.99 Å². The highest BCUT2D eigenvalue weighted by molar-refractivity contribution is 7.90. The van der Waals surface area contributed by atoms with Gasteiger partial charge in [0.2, 0.25) is 15.9 Å². The summed E-state index contributed by atoms with van der Waals surface area (Å²) < 4.78 is 32.0. The van der Waals surface area contributed by atoms with Crippen LogP contribution in [0.4, 0.5) is 0 Å². The SMILES string of the molecule is CCOc1cncc(-c2ccc(C(=O)NCN3C=C(NS(=O)(=O)C4CC4)N=CC3)nc2)n1. The molecule has 12 heteroatoms. The number of pyridine rings is 1. The molecule has 1 fully saturated rings. The third-order valence-electron chi connectivity index (χ3n) is 4.70. The maximum atomic E-state index is 12.5. The van der Waals surface area contributed by atoms with Gasteiger partial charge < -0.3 is 15.0 Å². The second-order valence-electron chi connectivity index (χ2n) is 7.22. The summed E-state index contributed by atoms with van der Waals surface area (Å²) in [6.45, 7) is 2.96. The number of hydrogen-bond donors (Lipinski definition) is 2. The first-order valence-corrected chi connectivity index (χ1v) is 11.7. The van der Waals surface area contributed by atoms with Crippen LogP contribution >= 0.6 is 0 Å². The van der Waals surface area contributed by atoms with Gasteiger partial charge in [-0.05, 0) is 31.9 Å². The fraction of sp³-hybridized carbons (Fsp3) is 0.350. The molecule has 0 aromatic carbocycles. The lowest BCUT2D eigenvalue weighted by Crippen LogP contribution is -2.38. The van der Waals surface area contributed by atoms with E-state index in [0.29, 0.717) is 43.1 Å². The standard InChI is InChI=1S/C20H23N7O4S/c1-2-31-19-11-21-10-17(25-19)14-3-6-16(23-9-14)20(28)24-13-27-8-7-22-18(12-27)26-32(29,30)15-4-5-15/h3,6-7,9-12,15,26H,2,4-5,8,13H2,1H3,(H,24,28). The molecule has 2 aliphatic rings. The van der Waals surface area contributed by atoms with Crippen molar-refractivity contribution in [1.82, 2.24) is 29.9 Å². The minimum Gasteiger partial charge on any atom is -0.477 e. The Balaban J connectivity index is 1.34. The van der Waals surface area contributed by atoms with Gasteiger partial charge >= 0.3 is 0 Å². The van der Waals surface area contributed by atoms with E-state index in [-0.39, 0.29) is 29.3 Å². The molecule has 0 bridgehead atoms. The summed E-state index contributed by atoms with van der Waals surface area (Å²) in [6.07, 6.45) is 9.17. The zero-order valence-electron chi connectivity index (χ0n) is 17.4. The lowest BCUT2D eigenvalue weighted by molar-refractivity contribution is 0.0932. The fourth-order valence-corrected chi connectivity index (χ4v) is 4.24. The number of carbonyl (C=O) groups is 1. The van der Waals surface area contributed by atoms with E-state index in [9.17, 15) is 13.2 Å². The first-order valence-electron chi connectivity index (χ1n) is 10.1. The van der Waals surface area contributed by atoms with E-state index in [1.807, 2.05) is 6.92 Å². The first-order chi connectivity index (χ1) is 15.4. The van der Waals surface area contributed by atoms with E-state index in [2.05, 4.69) is 30.0 Å². The first kappa shape index (κ1) is 21.7. The molecule has 1 aliphatic carbocycles. The van der Waals surface area contributed by atoms with Crippen LogP contribution in [0.3, 0.4) is 0 Å². The maximum Gasteiger partial charge on any atom is 0.271 e. The van der Waals surface area contributed by atoms with Crippen LogP contribution in [0.5, 0.6) is 5.88 Å². The van der Waals surface area contributed by atoms with E-state index in [4.69, 9.17) is 4.74 Å². The monoisotopic (exact) mass is 457 g/mol. The van der Waals surface area contributed by atoms with E-state index < -0.39 is 10.0 Å². The summed E-state index contributed by atoms with van der Waals surface area (Å²) >= 11 is 0. The number of aliphatic imine (C=N–C) groups is 1. The minimum absolute atomic E-state index is 0.171. The molecule has 32 heavy (non-hydrogen) atoms. The quantitative estimate of drug-likeness (QED) is 0.566. The smallest absolute Gasteiger partial charge is 0.271 e. The molecule has 11 nitrogen and oxygen atoms in total. The van der Waals surface area contributed by atoms with Crippen molar-refractivity contribution in [3.05, 3.63) is 48.4 Å². The van der Waals surface area contributed by atoms with Gasteiger partial charge in [-0.15, -0.1) is 0 Å². The molecule has 1 aliphatic heterocycles. The van der Waals surface area contributed by atoms with Crippen molar-refractivity contribution in [2.75, 3.05) is 19.8 Å². The van der Waals surface area contributed by atoms with Gasteiger partial charge in [-0.3, -0.25) is 19.5 Å². The van der Waals surface area contributed by atoms with Crippen LogP contribution in [-0.4, -0.2) is 65.5 Å². The predicted octanol–water partition coefficient (Wildman–Crippen LogP) is 0.892. The zero-order chi connectivity index (χ0) is 22.6. The van der Waals surface area contributed by atoms with E-state index in [1.165, 1.54) is 6.20 Å². The van der Waals surface area contributed by atoms with Crippen LogP contribution in [0.2, 0.25) is 0 Å². The van der Waals surface area contributed by atoms with Crippen molar-refractivity contribution in [1.29, 1.82) is 0 Å². The molecule has 2 aromatic rings. The molecule has 0 saturated heterocycles. The Morgan fingerprint density at radius 3 is 2.81 bits per heavy atom. The van der Waals surface area contributed by atoms with Gasteiger partial charge in [0.1, 0.15) is 5.69 Å². The van der Waals surface area contributed by atoms with Gasteiger partial charge in [0, 0.05) is 24.2 Å². The number of ether oxygens (including phenoxy) is 1. The summed E-state index contributed by atoms with van der Waals surface area (Å²) in [5.74, 6) is 0.292. The highest BCUT2D eigenvalue weighted by atomic mass is 32.2. The van der Waals surface area contributed by atoms with Crippen molar-refractivity contribution < 1.29 is 17.9 Å². The Morgan fingerprint density at radius 1 is 1.25 bits per heavy atom. The molecule has 0 unspecified atom stereocenters. The number of sulfonamides is 1. The lowest BCUT2D eigenvalue weighted by atomic mass is 10.2. The minimum atomic E-state index is -3.39. The van der Waals surface area contributed by atoms with Crippen LogP contribution in [0.15, 0.2) is 47.7 Å². The molecule has 2 aromatic heterocycles. The number of aromatic nitrogens is 3. The molecule has 2 N–H and O–H groups in total. The topological polar surface area (TPSA) is 139 Å². The Hall–Kier alpha value is -3.54. The summed E-state index contributed by atoms with van der Waals surface area (Å²) in [6, 6.07) is 3.34. The number of hydrogen-bond acceptors (Lipinski definition) is 9. The fourth-order valence-electron chi connectivity index (χ4n) is 2.92. The zero-order valence-corrected chi connectivity index (χ0v) is 18.2. The molecule has 0 atom stereocenters. The Bertz CT molecular complexity index is 1140. The third-order valence-corrected chi connectivity index (χ3v) is 6.54. The second-order valence-corrected chi connectivity index (χ2v) is 9.18. The van der Waals surface area contributed by atoms with Crippen molar-refractivity contribution in [3.63, 3.8) is 0 Å². The molecule has 168 valence electrons. The summed E-state index contributed by atoms with van der Waals surface area (Å²) in [5.41, 5.74) is 1.54. The van der Waals surface area contributed by atoms with Crippen LogP contribution in [0.25, 0.3) is 11.3 Å². The summed E-state index contributed by atoms with van der Waals surface area (Å²) in [5, 5.41) is 2.43. The van der Waals surface area contributed by atoms with Gasteiger partial charge in [-0.25, -0.2) is 18.4 Å².